The molecule has 1 N–H and O–H groups in total. The minimum atomic E-state index is -0.174. The van der Waals surface area contributed by atoms with Crippen molar-refractivity contribution in [1.82, 2.24) is 24.9 Å². The van der Waals surface area contributed by atoms with Gasteiger partial charge in [0.25, 0.3) is 5.91 Å². The molecule has 118 valence electrons. The van der Waals surface area contributed by atoms with Crippen LogP contribution in [-0.2, 0) is 6.54 Å². The van der Waals surface area contributed by atoms with Crippen molar-refractivity contribution in [2.75, 3.05) is 0 Å². The van der Waals surface area contributed by atoms with Crippen molar-refractivity contribution in [2.45, 2.75) is 6.54 Å². The van der Waals surface area contributed by atoms with E-state index >= 15 is 0 Å². The molecule has 7 nitrogen and oxygen atoms in total. The molecule has 4 rings (SSSR count). The van der Waals surface area contributed by atoms with Crippen LogP contribution in [0.4, 0.5) is 0 Å². The Balaban J connectivity index is 1.60. The van der Waals surface area contributed by atoms with Crippen molar-refractivity contribution in [3.63, 3.8) is 0 Å². The summed E-state index contributed by atoms with van der Waals surface area (Å²) in [6.45, 7) is 0.418. The normalized spacial score (nSPS) is 10.8. The van der Waals surface area contributed by atoms with E-state index in [9.17, 15) is 4.79 Å². The van der Waals surface area contributed by atoms with Crippen LogP contribution in [0.3, 0.4) is 0 Å². The van der Waals surface area contributed by atoms with Gasteiger partial charge < -0.3 is 9.73 Å². The van der Waals surface area contributed by atoms with Crippen molar-refractivity contribution in [3.8, 4) is 11.4 Å². The Hall–Kier alpha value is -3.48. The van der Waals surface area contributed by atoms with Crippen LogP contribution < -0.4 is 5.32 Å². The second kappa shape index (κ2) is 5.96. The SMILES string of the molecule is O=C(NCc1cccnc1)c1ccc2nnc(-c3ccoc3)n2c1. The first-order valence-corrected chi connectivity index (χ1v) is 7.36. The summed E-state index contributed by atoms with van der Waals surface area (Å²) in [4.78, 5) is 16.4. The molecular weight excluding hydrogens is 306 g/mol. The number of pyridine rings is 2. The molecule has 1 amide bonds. The van der Waals surface area contributed by atoms with Crippen LogP contribution in [0.25, 0.3) is 17.0 Å². The van der Waals surface area contributed by atoms with Gasteiger partial charge in [0.05, 0.1) is 17.4 Å². The lowest BCUT2D eigenvalue weighted by Gasteiger charge is -2.06. The molecule has 0 aliphatic heterocycles. The molecule has 24 heavy (non-hydrogen) atoms. The molecule has 0 aliphatic carbocycles. The van der Waals surface area contributed by atoms with E-state index < -0.39 is 0 Å². The highest BCUT2D eigenvalue weighted by atomic mass is 16.3. The van der Waals surface area contributed by atoms with E-state index in [0.717, 1.165) is 11.1 Å². The molecule has 0 saturated heterocycles. The lowest BCUT2D eigenvalue weighted by molar-refractivity contribution is 0.0950. The van der Waals surface area contributed by atoms with Gasteiger partial charge in [-0.15, -0.1) is 10.2 Å². The fraction of sp³-hybridized carbons (Fsp3) is 0.0588. The summed E-state index contributed by atoms with van der Waals surface area (Å²) < 4.78 is 6.85. The summed E-state index contributed by atoms with van der Waals surface area (Å²) in [6.07, 6.45) is 8.30. The number of aromatic nitrogens is 4. The number of amides is 1. The van der Waals surface area contributed by atoms with E-state index in [1.165, 1.54) is 0 Å². The third-order valence-corrected chi connectivity index (χ3v) is 3.62. The number of hydrogen-bond acceptors (Lipinski definition) is 5. The zero-order valence-corrected chi connectivity index (χ0v) is 12.6. The molecule has 4 aromatic heterocycles. The lowest BCUT2D eigenvalue weighted by Crippen LogP contribution is -2.23. The highest BCUT2D eigenvalue weighted by Crippen LogP contribution is 2.19. The third kappa shape index (κ3) is 2.63. The maximum absolute atomic E-state index is 12.4. The Kier molecular flexibility index (Phi) is 3.51. The van der Waals surface area contributed by atoms with Gasteiger partial charge in [-0.3, -0.25) is 14.2 Å². The number of nitrogens with zero attached hydrogens (tertiary/aromatic N) is 4. The van der Waals surface area contributed by atoms with E-state index in [-0.39, 0.29) is 5.91 Å². The molecule has 0 radical (unpaired) electrons. The van der Waals surface area contributed by atoms with Crippen molar-refractivity contribution < 1.29 is 9.21 Å². The minimum Gasteiger partial charge on any atom is -0.472 e. The summed E-state index contributed by atoms with van der Waals surface area (Å²) in [6, 6.07) is 9.03. The van der Waals surface area contributed by atoms with E-state index in [2.05, 4.69) is 20.5 Å². The summed E-state index contributed by atoms with van der Waals surface area (Å²) >= 11 is 0. The van der Waals surface area contributed by atoms with E-state index in [0.29, 0.717) is 23.6 Å². The molecule has 0 aliphatic rings. The largest absolute Gasteiger partial charge is 0.472 e. The van der Waals surface area contributed by atoms with E-state index in [1.54, 1.807) is 53.7 Å². The Morgan fingerprint density at radius 3 is 2.96 bits per heavy atom. The molecule has 0 fully saturated rings. The topological polar surface area (TPSA) is 85.3 Å². The average molecular weight is 319 g/mol. The summed E-state index contributed by atoms with van der Waals surface area (Å²) in [7, 11) is 0. The highest BCUT2D eigenvalue weighted by molar-refractivity contribution is 5.94. The Morgan fingerprint density at radius 1 is 1.21 bits per heavy atom. The van der Waals surface area contributed by atoms with Crippen molar-refractivity contribution in [2.24, 2.45) is 0 Å². The van der Waals surface area contributed by atoms with Crippen LogP contribution in [0.1, 0.15) is 15.9 Å². The van der Waals surface area contributed by atoms with Crippen molar-refractivity contribution >= 4 is 11.6 Å². The number of carbonyl (C=O) groups is 1. The zero-order valence-electron chi connectivity index (χ0n) is 12.6. The molecule has 0 atom stereocenters. The second-order valence-electron chi connectivity index (χ2n) is 5.23. The Bertz CT molecular complexity index is 977. The van der Waals surface area contributed by atoms with Gasteiger partial charge in [0.2, 0.25) is 0 Å². The van der Waals surface area contributed by atoms with Crippen molar-refractivity contribution in [3.05, 3.63) is 72.6 Å². The monoisotopic (exact) mass is 319 g/mol. The van der Waals surface area contributed by atoms with Gasteiger partial charge in [-0.05, 0) is 29.8 Å². The van der Waals surface area contributed by atoms with Gasteiger partial charge >= 0.3 is 0 Å². The number of carbonyl (C=O) groups excluding carboxylic acids is 1. The summed E-state index contributed by atoms with van der Waals surface area (Å²) in [5, 5.41) is 11.1. The van der Waals surface area contributed by atoms with Crippen LogP contribution in [0.15, 0.2) is 65.9 Å². The molecule has 0 unspecified atom stereocenters. The molecule has 0 bridgehead atoms. The van der Waals surface area contributed by atoms with Gasteiger partial charge in [-0.2, -0.15) is 0 Å². The Morgan fingerprint density at radius 2 is 2.17 bits per heavy atom. The Labute approximate surface area is 137 Å². The molecular formula is C17H13N5O2. The highest BCUT2D eigenvalue weighted by Gasteiger charge is 2.12. The molecule has 4 heterocycles. The summed E-state index contributed by atoms with van der Waals surface area (Å²) in [5.74, 6) is 0.452. The fourth-order valence-corrected chi connectivity index (χ4v) is 2.40. The number of fused-ring (bicyclic) bond motifs is 1. The van der Waals surface area contributed by atoms with Crippen molar-refractivity contribution in [1.29, 1.82) is 0 Å². The van der Waals surface area contributed by atoms with Crippen LogP contribution in [0.5, 0.6) is 0 Å². The molecule has 0 aromatic carbocycles. The molecule has 0 spiro atoms. The number of rotatable bonds is 4. The lowest BCUT2D eigenvalue weighted by atomic mass is 10.2. The summed E-state index contributed by atoms with van der Waals surface area (Å²) in [5.41, 5.74) is 2.93. The standard InChI is InChI=1S/C17H13N5O2/c23-17(19-9-12-2-1-6-18-8-12)13-3-4-15-20-21-16(22(15)10-13)14-5-7-24-11-14/h1-8,10-11H,9H2,(H,19,23). The maximum Gasteiger partial charge on any atom is 0.253 e. The van der Waals surface area contributed by atoms with Gasteiger partial charge in [0.15, 0.2) is 11.5 Å². The van der Waals surface area contributed by atoms with Gasteiger partial charge in [-0.25, -0.2) is 0 Å². The van der Waals surface area contributed by atoms with Crippen LogP contribution in [0.2, 0.25) is 0 Å². The van der Waals surface area contributed by atoms with Crippen LogP contribution >= 0.6 is 0 Å². The number of hydrogen-bond donors (Lipinski definition) is 1. The first-order chi connectivity index (χ1) is 11.8. The zero-order chi connectivity index (χ0) is 16.4. The predicted octanol–water partition coefficient (Wildman–Crippen LogP) is 2.31. The van der Waals surface area contributed by atoms with Crippen LogP contribution in [0, 0.1) is 0 Å². The predicted molar refractivity (Wildman–Crippen MR) is 86.1 cm³/mol. The molecule has 7 heteroatoms. The fourth-order valence-electron chi connectivity index (χ4n) is 2.40. The first-order valence-electron chi connectivity index (χ1n) is 7.36. The molecule has 0 saturated carbocycles. The maximum atomic E-state index is 12.4. The smallest absolute Gasteiger partial charge is 0.253 e. The van der Waals surface area contributed by atoms with E-state index in [1.807, 2.05) is 12.1 Å². The number of nitrogens with one attached hydrogen (secondary N) is 1. The van der Waals surface area contributed by atoms with Crippen LogP contribution in [-0.4, -0.2) is 25.5 Å². The van der Waals surface area contributed by atoms with Gasteiger partial charge in [0, 0.05) is 25.1 Å². The second-order valence-corrected chi connectivity index (χ2v) is 5.23. The van der Waals surface area contributed by atoms with Gasteiger partial charge in [0.1, 0.15) is 6.26 Å². The minimum absolute atomic E-state index is 0.174. The first kappa shape index (κ1) is 14.1. The van der Waals surface area contributed by atoms with E-state index in [4.69, 9.17) is 4.42 Å². The van der Waals surface area contributed by atoms with Gasteiger partial charge in [-0.1, -0.05) is 6.07 Å². The quantitative estimate of drug-likeness (QED) is 0.624. The molecule has 4 aromatic rings. The third-order valence-electron chi connectivity index (χ3n) is 3.62. The average Bonchev–Trinajstić information content (AvgIpc) is 3.29. The number of furan rings is 1.